The molecule has 0 bridgehead atoms. The second-order valence-electron chi connectivity index (χ2n) is 11.2. The molecule has 0 aromatic carbocycles. The molecule has 4 nitrogen and oxygen atoms in total. The molecule has 0 radical (unpaired) electrons. The average molecular weight is 391 g/mol. The predicted octanol–water partition coefficient (Wildman–Crippen LogP) is 4.69. The van der Waals surface area contributed by atoms with Crippen molar-refractivity contribution in [3.8, 4) is 0 Å². The maximum atomic E-state index is 12.1. The topological polar surface area (TPSA) is 74.6 Å². The highest BCUT2D eigenvalue weighted by Gasteiger charge is 2.62. The molecular formula is C24H38O4. The van der Waals surface area contributed by atoms with Crippen LogP contribution >= 0.6 is 0 Å². The highest BCUT2D eigenvalue weighted by atomic mass is 16.4. The van der Waals surface area contributed by atoms with Crippen molar-refractivity contribution in [3.63, 3.8) is 0 Å². The lowest BCUT2D eigenvalue weighted by atomic mass is 9.44. The first-order valence-electron chi connectivity index (χ1n) is 11.6. The molecule has 1 unspecified atom stereocenters. The lowest BCUT2D eigenvalue weighted by Crippen LogP contribution is -2.58. The molecule has 0 aliphatic heterocycles. The lowest BCUT2D eigenvalue weighted by Gasteiger charge is -2.62. The quantitative estimate of drug-likeness (QED) is 0.730. The summed E-state index contributed by atoms with van der Waals surface area (Å²) in [5.41, 5.74) is 0.444. The van der Waals surface area contributed by atoms with Crippen molar-refractivity contribution < 1.29 is 19.8 Å². The Labute approximate surface area is 169 Å². The number of carbonyl (C=O) groups excluding carboxylic acids is 1. The third-order valence-corrected chi connectivity index (χ3v) is 10.1. The van der Waals surface area contributed by atoms with E-state index in [0.29, 0.717) is 47.7 Å². The van der Waals surface area contributed by atoms with Crippen LogP contribution in [0.4, 0.5) is 0 Å². The van der Waals surface area contributed by atoms with E-state index in [1.807, 2.05) is 0 Å². The van der Waals surface area contributed by atoms with Gasteiger partial charge >= 0.3 is 5.97 Å². The summed E-state index contributed by atoms with van der Waals surface area (Å²) in [7, 11) is 0. The average Bonchev–Trinajstić information content (AvgIpc) is 2.98. The number of aliphatic hydroxyl groups is 1. The first kappa shape index (κ1) is 20.4. The van der Waals surface area contributed by atoms with E-state index in [2.05, 4.69) is 20.8 Å². The standard InChI is InChI=1S/C24H38O4/c1-14(4-7-21(27)28)17-5-6-18-22-19(9-11-24(17,18)3)23(2)10-8-16(25)12-15(23)13-20(22)26/h14-15,17-20,22,26H,4-13H2,1-3H3,(H,27,28)/t14-,15+,17?,18+,19+,20-,22+,23+,24-/m1/s1. The minimum atomic E-state index is -0.691. The van der Waals surface area contributed by atoms with Crippen LogP contribution in [0.5, 0.6) is 0 Å². The largest absolute Gasteiger partial charge is 0.481 e. The molecule has 0 aromatic heterocycles. The Balaban J connectivity index is 1.56. The van der Waals surface area contributed by atoms with Gasteiger partial charge in [-0.05, 0) is 91.3 Å². The van der Waals surface area contributed by atoms with E-state index in [9.17, 15) is 14.7 Å². The molecule has 28 heavy (non-hydrogen) atoms. The van der Waals surface area contributed by atoms with Crippen molar-refractivity contribution in [3.05, 3.63) is 0 Å². The smallest absolute Gasteiger partial charge is 0.303 e. The fourth-order valence-corrected chi connectivity index (χ4v) is 8.54. The fraction of sp³-hybridized carbons (Fsp3) is 0.917. The first-order chi connectivity index (χ1) is 13.2. The van der Waals surface area contributed by atoms with Crippen LogP contribution in [0.25, 0.3) is 0 Å². The van der Waals surface area contributed by atoms with Crippen molar-refractivity contribution in [2.45, 2.75) is 91.1 Å². The number of aliphatic carboxylic acids is 1. The Morgan fingerprint density at radius 2 is 1.86 bits per heavy atom. The van der Waals surface area contributed by atoms with Crippen LogP contribution in [-0.2, 0) is 9.59 Å². The van der Waals surface area contributed by atoms with Crippen molar-refractivity contribution in [1.29, 1.82) is 0 Å². The van der Waals surface area contributed by atoms with Crippen molar-refractivity contribution in [1.82, 2.24) is 0 Å². The van der Waals surface area contributed by atoms with Crippen LogP contribution < -0.4 is 0 Å². The zero-order valence-corrected chi connectivity index (χ0v) is 17.8. The van der Waals surface area contributed by atoms with Gasteiger partial charge in [-0.2, -0.15) is 0 Å². The van der Waals surface area contributed by atoms with Gasteiger partial charge in [-0.15, -0.1) is 0 Å². The van der Waals surface area contributed by atoms with Crippen molar-refractivity contribution in [2.24, 2.45) is 46.3 Å². The maximum absolute atomic E-state index is 12.1. The number of hydrogen-bond donors (Lipinski definition) is 2. The van der Waals surface area contributed by atoms with Gasteiger partial charge in [0.15, 0.2) is 0 Å². The molecule has 4 rings (SSSR count). The van der Waals surface area contributed by atoms with Gasteiger partial charge < -0.3 is 10.2 Å². The fourth-order valence-electron chi connectivity index (χ4n) is 8.54. The predicted molar refractivity (Wildman–Crippen MR) is 108 cm³/mol. The third-order valence-electron chi connectivity index (χ3n) is 10.1. The molecule has 4 heteroatoms. The molecule has 4 saturated carbocycles. The Bertz CT molecular complexity index is 645. The van der Waals surface area contributed by atoms with E-state index in [0.717, 1.165) is 32.1 Å². The number of carboxylic acid groups (broad SMARTS) is 1. The summed E-state index contributed by atoms with van der Waals surface area (Å²) in [6, 6.07) is 0. The molecule has 4 fully saturated rings. The Hall–Kier alpha value is -0.900. The van der Waals surface area contributed by atoms with Gasteiger partial charge in [0.2, 0.25) is 0 Å². The number of rotatable bonds is 4. The molecule has 0 aromatic rings. The molecule has 2 N–H and O–H groups in total. The highest BCUT2D eigenvalue weighted by Crippen LogP contribution is 2.68. The van der Waals surface area contributed by atoms with Gasteiger partial charge in [-0.25, -0.2) is 0 Å². The van der Waals surface area contributed by atoms with Crippen molar-refractivity contribution in [2.75, 3.05) is 0 Å². The number of carbonyl (C=O) groups is 2. The summed E-state index contributed by atoms with van der Waals surface area (Å²) >= 11 is 0. The van der Waals surface area contributed by atoms with Crippen LogP contribution in [0.3, 0.4) is 0 Å². The normalized spacial score (nSPS) is 49.1. The van der Waals surface area contributed by atoms with Crippen LogP contribution in [0.1, 0.15) is 85.0 Å². The molecule has 0 heterocycles. The van der Waals surface area contributed by atoms with E-state index in [-0.39, 0.29) is 23.4 Å². The van der Waals surface area contributed by atoms with Gasteiger partial charge in [-0.1, -0.05) is 20.8 Å². The van der Waals surface area contributed by atoms with Crippen molar-refractivity contribution >= 4 is 11.8 Å². The molecule has 0 saturated heterocycles. The summed E-state index contributed by atoms with van der Waals surface area (Å²) in [4.78, 5) is 23.1. The molecule has 0 amide bonds. The van der Waals surface area contributed by atoms with Gasteiger partial charge in [0.25, 0.3) is 0 Å². The zero-order chi connectivity index (χ0) is 20.3. The van der Waals surface area contributed by atoms with Gasteiger partial charge in [0, 0.05) is 19.3 Å². The summed E-state index contributed by atoms with van der Waals surface area (Å²) in [5, 5.41) is 20.3. The van der Waals surface area contributed by atoms with E-state index < -0.39 is 5.97 Å². The number of aliphatic hydroxyl groups excluding tert-OH is 1. The zero-order valence-electron chi connectivity index (χ0n) is 17.8. The summed E-state index contributed by atoms with van der Waals surface area (Å²) in [6.07, 6.45) is 8.68. The Morgan fingerprint density at radius 1 is 1.14 bits per heavy atom. The molecule has 9 atom stereocenters. The first-order valence-corrected chi connectivity index (χ1v) is 11.6. The second-order valence-corrected chi connectivity index (χ2v) is 11.2. The van der Waals surface area contributed by atoms with Gasteiger partial charge in [0.1, 0.15) is 5.78 Å². The van der Waals surface area contributed by atoms with E-state index in [1.165, 1.54) is 19.3 Å². The van der Waals surface area contributed by atoms with Crippen LogP contribution in [-0.4, -0.2) is 28.1 Å². The number of carboxylic acids is 1. The molecule has 4 aliphatic rings. The number of fused-ring (bicyclic) bond motifs is 5. The Kier molecular flexibility index (Phi) is 5.17. The SMILES string of the molecule is C[C@H](CCC(=O)O)C1CC[C@H]2[C@@H]3[C@H](O)C[C@@H]4CC(=O)CC[C@]4(C)[C@H]3CC[C@]12C. The summed E-state index contributed by atoms with van der Waals surface area (Å²) < 4.78 is 0. The monoisotopic (exact) mass is 390 g/mol. The maximum Gasteiger partial charge on any atom is 0.303 e. The molecule has 4 aliphatic carbocycles. The van der Waals surface area contributed by atoms with Crippen LogP contribution in [0.2, 0.25) is 0 Å². The minimum Gasteiger partial charge on any atom is -0.481 e. The van der Waals surface area contributed by atoms with Gasteiger partial charge in [0.05, 0.1) is 6.10 Å². The van der Waals surface area contributed by atoms with Crippen LogP contribution in [0, 0.1) is 46.3 Å². The number of hydrogen-bond acceptors (Lipinski definition) is 3. The third kappa shape index (κ3) is 3.05. The highest BCUT2D eigenvalue weighted by molar-refractivity contribution is 5.79. The number of Topliss-reactive ketones (excluding diaryl/α,β-unsaturated/α-hetero) is 1. The molecule has 0 spiro atoms. The summed E-state index contributed by atoms with van der Waals surface area (Å²) in [6.45, 7) is 7.10. The van der Waals surface area contributed by atoms with E-state index in [1.54, 1.807) is 0 Å². The Morgan fingerprint density at radius 3 is 2.57 bits per heavy atom. The second kappa shape index (κ2) is 7.11. The van der Waals surface area contributed by atoms with Gasteiger partial charge in [-0.3, -0.25) is 9.59 Å². The molecule has 158 valence electrons. The molecular weight excluding hydrogens is 352 g/mol. The number of ketones is 1. The minimum absolute atomic E-state index is 0.214. The lowest BCUT2D eigenvalue weighted by molar-refractivity contribution is -0.169. The van der Waals surface area contributed by atoms with E-state index in [4.69, 9.17) is 5.11 Å². The van der Waals surface area contributed by atoms with E-state index >= 15 is 0 Å². The van der Waals surface area contributed by atoms with Crippen LogP contribution in [0.15, 0.2) is 0 Å². The summed E-state index contributed by atoms with van der Waals surface area (Å²) in [5.74, 6) is 2.52.